The maximum Gasteiger partial charge on any atom is 0.303 e. The summed E-state index contributed by atoms with van der Waals surface area (Å²) < 4.78 is 1.83. The zero-order valence-corrected chi connectivity index (χ0v) is 15.9. The number of rotatable bonds is 5. The van der Waals surface area contributed by atoms with E-state index in [-0.39, 0.29) is 17.9 Å². The summed E-state index contributed by atoms with van der Waals surface area (Å²) in [5, 5.41) is 13.5. The molecule has 0 bridgehead atoms. The van der Waals surface area contributed by atoms with E-state index in [0.717, 1.165) is 54.0 Å². The maximum absolute atomic E-state index is 12.8. The molecule has 2 heterocycles. The zero-order chi connectivity index (χ0) is 19.2. The van der Waals surface area contributed by atoms with Gasteiger partial charge in [0.05, 0.1) is 11.4 Å². The minimum absolute atomic E-state index is 0.0956. The van der Waals surface area contributed by atoms with Gasteiger partial charge in [0, 0.05) is 29.8 Å². The number of hydrogen-bond acceptors (Lipinski definition) is 3. The van der Waals surface area contributed by atoms with Crippen LogP contribution in [0.4, 0.5) is 0 Å². The molecule has 0 atom stereocenters. The molecule has 6 nitrogen and oxygen atoms in total. The van der Waals surface area contributed by atoms with Crippen LogP contribution in [0.3, 0.4) is 0 Å². The molecular weight excluding hydrogens is 342 g/mol. The molecule has 2 aromatic rings. The Bertz CT molecular complexity index is 889. The Morgan fingerprint density at radius 3 is 2.37 bits per heavy atom. The summed E-state index contributed by atoms with van der Waals surface area (Å²) in [5.41, 5.74) is 4.54. The molecule has 2 aliphatic rings. The number of carboxylic acids is 1. The number of benzene rings is 1. The molecule has 1 saturated carbocycles. The lowest BCUT2D eigenvalue weighted by Gasteiger charge is -2.58. The SMILES string of the molecule is Cc1nn(-c2ccc(C(=O)N3CCC34CCC4)cc2)c(C)c1CCC(=O)O. The Kier molecular flexibility index (Phi) is 4.29. The molecule has 1 aromatic heterocycles. The van der Waals surface area contributed by atoms with Crippen molar-refractivity contribution in [2.24, 2.45) is 0 Å². The number of nitrogens with zero attached hydrogens (tertiary/aromatic N) is 3. The van der Waals surface area contributed by atoms with Crippen LogP contribution in [0.5, 0.6) is 0 Å². The first kappa shape index (κ1) is 17.8. The van der Waals surface area contributed by atoms with E-state index in [4.69, 9.17) is 5.11 Å². The molecule has 6 heteroatoms. The summed E-state index contributed by atoms with van der Waals surface area (Å²) >= 11 is 0. The third kappa shape index (κ3) is 2.93. The lowest BCUT2D eigenvalue weighted by atomic mass is 9.67. The van der Waals surface area contributed by atoms with Crippen molar-refractivity contribution < 1.29 is 14.7 Å². The van der Waals surface area contributed by atoms with Crippen molar-refractivity contribution in [1.82, 2.24) is 14.7 Å². The maximum atomic E-state index is 12.8. The monoisotopic (exact) mass is 367 g/mol. The van der Waals surface area contributed by atoms with Gasteiger partial charge in [-0.1, -0.05) is 0 Å². The molecule has 0 radical (unpaired) electrons. The highest BCUT2D eigenvalue weighted by Gasteiger charge is 2.51. The predicted molar refractivity (Wildman–Crippen MR) is 101 cm³/mol. The summed E-state index contributed by atoms with van der Waals surface area (Å²) in [4.78, 5) is 25.7. The van der Waals surface area contributed by atoms with E-state index in [0.29, 0.717) is 6.42 Å². The van der Waals surface area contributed by atoms with E-state index in [1.165, 1.54) is 6.42 Å². The van der Waals surface area contributed by atoms with Gasteiger partial charge in [0.15, 0.2) is 0 Å². The number of aliphatic carboxylic acids is 1. The summed E-state index contributed by atoms with van der Waals surface area (Å²) in [7, 11) is 0. The molecule has 1 aliphatic carbocycles. The minimum atomic E-state index is -0.806. The predicted octanol–water partition coefficient (Wildman–Crippen LogP) is 3.27. The van der Waals surface area contributed by atoms with Gasteiger partial charge >= 0.3 is 5.97 Å². The van der Waals surface area contributed by atoms with Crippen LogP contribution in [0.1, 0.15) is 59.4 Å². The molecule has 2 fully saturated rings. The van der Waals surface area contributed by atoms with E-state index >= 15 is 0 Å². The fourth-order valence-electron chi connectivity index (χ4n) is 4.38. The van der Waals surface area contributed by atoms with Crippen LogP contribution < -0.4 is 0 Å². The number of hydrogen-bond donors (Lipinski definition) is 1. The van der Waals surface area contributed by atoms with Gasteiger partial charge in [0.2, 0.25) is 0 Å². The average molecular weight is 367 g/mol. The van der Waals surface area contributed by atoms with E-state index in [1.807, 2.05) is 47.7 Å². The molecule has 1 aliphatic heterocycles. The highest BCUT2D eigenvalue weighted by molar-refractivity contribution is 5.95. The average Bonchev–Trinajstić information content (AvgIpc) is 2.85. The Morgan fingerprint density at radius 1 is 1.15 bits per heavy atom. The van der Waals surface area contributed by atoms with Gasteiger partial charge in [0.25, 0.3) is 5.91 Å². The molecule has 27 heavy (non-hydrogen) atoms. The number of carboxylic acid groups (broad SMARTS) is 1. The third-order valence-corrected chi connectivity index (χ3v) is 6.29. The third-order valence-electron chi connectivity index (χ3n) is 6.29. The highest BCUT2D eigenvalue weighted by atomic mass is 16.4. The van der Waals surface area contributed by atoms with Gasteiger partial charge in [-0.05, 0) is 75.8 Å². The van der Waals surface area contributed by atoms with Crippen LogP contribution in [0, 0.1) is 13.8 Å². The van der Waals surface area contributed by atoms with Gasteiger partial charge in [-0.25, -0.2) is 4.68 Å². The number of aromatic nitrogens is 2. The number of carbonyl (C=O) groups is 2. The van der Waals surface area contributed by atoms with Crippen LogP contribution in [-0.2, 0) is 11.2 Å². The Balaban J connectivity index is 1.53. The molecule has 0 unspecified atom stereocenters. The number of aryl methyl sites for hydroxylation is 1. The summed E-state index contributed by atoms with van der Waals surface area (Å²) in [6.45, 7) is 4.72. The zero-order valence-electron chi connectivity index (χ0n) is 15.9. The van der Waals surface area contributed by atoms with Crippen molar-refractivity contribution in [3.63, 3.8) is 0 Å². The first-order valence-electron chi connectivity index (χ1n) is 9.61. The van der Waals surface area contributed by atoms with Crippen LogP contribution in [-0.4, -0.2) is 43.7 Å². The number of carbonyl (C=O) groups excluding carboxylic acids is 1. The second-order valence-corrected chi connectivity index (χ2v) is 7.79. The fourth-order valence-corrected chi connectivity index (χ4v) is 4.38. The van der Waals surface area contributed by atoms with Crippen molar-refractivity contribution in [3.05, 3.63) is 46.8 Å². The van der Waals surface area contributed by atoms with Crippen molar-refractivity contribution in [2.75, 3.05) is 6.54 Å². The van der Waals surface area contributed by atoms with Crippen LogP contribution in [0.2, 0.25) is 0 Å². The van der Waals surface area contributed by atoms with Gasteiger partial charge in [-0.15, -0.1) is 0 Å². The summed E-state index contributed by atoms with van der Waals surface area (Å²) in [6.07, 6.45) is 5.22. The highest BCUT2D eigenvalue weighted by Crippen LogP contribution is 2.47. The van der Waals surface area contributed by atoms with Gasteiger partial charge < -0.3 is 10.0 Å². The lowest BCUT2D eigenvalue weighted by Crippen LogP contribution is -2.65. The van der Waals surface area contributed by atoms with Gasteiger partial charge in [-0.2, -0.15) is 5.10 Å². The minimum Gasteiger partial charge on any atom is -0.481 e. The van der Waals surface area contributed by atoms with Crippen molar-refractivity contribution in [1.29, 1.82) is 0 Å². The van der Waals surface area contributed by atoms with Gasteiger partial charge in [-0.3, -0.25) is 9.59 Å². The molecule has 4 rings (SSSR count). The van der Waals surface area contributed by atoms with Crippen molar-refractivity contribution in [2.45, 2.75) is 57.9 Å². The molecule has 142 valence electrons. The molecular formula is C21H25N3O3. The molecule has 1 saturated heterocycles. The molecule has 1 aromatic carbocycles. The van der Waals surface area contributed by atoms with E-state index < -0.39 is 5.97 Å². The van der Waals surface area contributed by atoms with Crippen LogP contribution in [0.25, 0.3) is 5.69 Å². The lowest BCUT2D eigenvalue weighted by molar-refractivity contribution is -0.136. The van der Waals surface area contributed by atoms with Crippen LogP contribution in [0.15, 0.2) is 24.3 Å². The second kappa shape index (κ2) is 6.51. The fraction of sp³-hybridized carbons (Fsp3) is 0.476. The number of likely N-dealkylation sites (tertiary alicyclic amines) is 1. The largest absolute Gasteiger partial charge is 0.481 e. The molecule has 1 amide bonds. The van der Waals surface area contributed by atoms with Crippen LogP contribution >= 0.6 is 0 Å². The first-order valence-corrected chi connectivity index (χ1v) is 9.61. The van der Waals surface area contributed by atoms with Crippen molar-refractivity contribution in [3.8, 4) is 5.69 Å². The molecule has 1 spiro atoms. The van der Waals surface area contributed by atoms with E-state index in [9.17, 15) is 9.59 Å². The topological polar surface area (TPSA) is 75.4 Å². The van der Waals surface area contributed by atoms with E-state index in [1.54, 1.807) is 0 Å². The Labute approximate surface area is 158 Å². The Hall–Kier alpha value is -2.63. The quantitative estimate of drug-likeness (QED) is 0.880. The van der Waals surface area contributed by atoms with Crippen molar-refractivity contribution >= 4 is 11.9 Å². The second-order valence-electron chi connectivity index (χ2n) is 7.79. The summed E-state index contributed by atoms with van der Waals surface area (Å²) in [6, 6.07) is 7.58. The van der Waals surface area contributed by atoms with E-state index in [2.05, 4.69) is 5.10 Å². The number of amides is 1. The standard InChI is InChI=1S/C21H25N3O3/c1-14-18(8-9-19(25)26)15(2)24(22-14)17-6-4-16(5-7-17)20(27)23-13-12-21(23)10-3-11-21/h4-7H,3,8-13H2,1-2H3,(H,25,26). The molecule has 1 N–H and O–H groups in total. The smallest absolute Gasteiger partial charge is 0.303 e. The first-order chi connectivity index (χ1) is 12.9. The normalized spacial score (nSPS) is 17.5. The Morgan fingerprint density at radius 2 is 1.85 bits per heavy atom. The van der Waals surface area contributed by atoms with Gasteiger partial charge in [0.1, 0.15) is 0 Å². The summed E-state index contributed by atoms with van der Waals surface area (Å²) in [5.74, 6) is -0.678.